The first-order valence-corrected chi connectivity index (χ1v) is 9.03. The highest BCUT2D eigenvalue weighted by Gasteiger charge is 2.29. The molecule has 0 spiro atoms. The van der Waals surface area contributed by atoms with Crippen LogP contribution in [0.15, 0.2) is 10.6 Å². The standard InChI is InChI=1S/C19H31NO6/c1-13(2)17(18(22)23-6)14-12-15(20-26-14)24-11-9-7-8-10-16(21)25-19(3,4)5/h12-13,17H,7-11H2,1-6H3. The maximum atomic E-state index is 11.8. The van der Waals surface area contributed by atoms with Crippen molar-refractivity contribution in [3.05, 3.63) is 11.8 Å². The van der Waals surface area contributed by atoms with Crippen LogP contribution in [0.25, 0.3) is 0 Å². The maximum absolute atomic E-state index is 11.8. The second-order valence-electron chi connectivity index (χ2n) is 7.56. The van der Waals surface area contributed by atoms with Crippen molar-refractivity contribution in [3.8, 4) is 5.88 Å². The van der Waals surface area contributed by atoms with E-state index in [1.807, 2.05) is 34.6 Å². The molecule has 1 atom stereocenters. The minimum Gasteiger partial charge on any atom is -0.476 e. The second kappa shape index (κ2) is 10.2. The molecule has 0 amide bonds. The summed E-state index contributed by atoms with van der Waals surface area (Å²) in [5, 5.41) is 3.84. The molecule has 0 fully saturated rings. The summed E-state index contributed by atoms with van der Waals surface area (Å²) in [4.78, 5) is 23.4. The monoisotopic (exact) mass is 369 g/mol. The molecular weight excluding hydrogens is 338 g/mol. The van der Waals surface area contributed by atoms with Gasteiger partial charge >= 0.3 is 11.9 Å². The lowest BCUT2D eigenvalue weighted by Gasteiger charge is -2.19. The van der Waals surface area contributed by atoms with Crippen LogP contribution in [0.5, 0.6) is 5.88 Å². The zero-order chi connectivity index (χ0) is 19.7. The van der Waals surface area contributed by atoms with Gasteiger partial charge in [-0.05, 0) is 51.1 Å². The Kier molecular flexibility index (Phi) is 8.61. The number of aromatic nitrogens is 1. The SMILES string of the molecule is COC(=O)C(c1cc(OCCCCCC(=O)OC(C)(C)C)no1)C(C)C. The molecule has 0 saturated carbocycles. The topological polar surface area (TPSA) is 87.9 Å². The average molecular weight is 369 g/mol. The zero-order valence-electron chi connectivity index (χ0n) is 16.7. The Hall–Kier alpha value is -2.05. The van der Waals surface area contributed by atoms with Crippen molar-refractivity contribution in [1.82, 2.24) is 5.16 Å². The number of rotatable bonds is 10. The van der Waals surface area contributed by atoms with E-state index in [4.69, 9.17) is 18.7 Å². The number of carbonyl (C=O) groups is 2. The predicted octanol–water partition coefficient (Wildman–Crippen LogP) is 3.87. The van der Waals surface area contributed by atoms with Crippen molar-refractivity contribution in [3.63, 3.8) is 0 Å². The summed E-state index contributed by atoms with van der Waals surface area (Å²) < 4.78 is 20.8. The van der Waals surface area contributed by atoms with Gasteiger partial charge in [0.2, 0.25) is 0 Å². The number of hydrogen-bond acceptors (Lipinski definition) is 7. The van der Waals surface area contributed by atoms with Crippen LogP contribution in [0.1, 0.15) is 72.0 Å². The molecule has 148 valence electrons. The van der Waals surface area contributed by atoms with E-state index in [0.717, 1.165) is 19.3 Å². The minimum absolute atomic E-state index is 0.0242. The number of hydrogen-bond donors (Lipinski definition) is 0. The third-order valence-corrected chi connectivity index (χ3v) is 3.63. The summed E-state index contributed by atoms with van der Waals surface area (Å²) in [5.41, 5.74) is -0.442. The summed E-state index contributed by atoms with van der Waals surface area (Å²) in [5.74, 6) is -0.227. The van der Waals surface area contributed by atoms with Crippen LogP contribution >= 0.6 is 0 Å². The average Bonchev–Trinajstić information content (AvgIpc) is 2.96. The first-order valence-electron chi connectivity index (χ1n) is 9.03. The van der Waals surface area contributed by atoms with Gasteiger partial charge in [0.15, 0.2) is 5.76 Å². The molecule has 26 heavy (non-hydrogen) atoms. The first kappa shape index (κ1) is 22.0. The summed E-state index contributed by atoms with van der Waals surface area (Å²) in [7, 11) is 1.35. The molecule has 1 aromatic heterocycles. The van der Waals surface area contributed by atoms with Gasteiger partial charge in [0.1, 0.15) is 11.5 Å². The molecular formula is C19H31NO6. The molecule has 7 heteroatoms. The first-order chi connectivity index (χ1) is 12.1. The third-order valence-electron chi connectivity index (χ3n) is 3.63. The number of unbranched alkanes of at least 4 members (excludes halogenated alkanes) is 2. The maximum Gasteiger partial charge on any atom is 0.316 e. The third kappa shape index (κ3) is 7.89. The van der Waals surface area contributed by atoms with E-state index >= 15 is 0 Å². The Bertz CT molecular complexity index is 573. The molecule has 0 aromatic carbocycles. The Morgan fingerprint density at radius 3 is 2.46 bits per heavy atom. The zero-order valence-corrected chi connectivity index (χ0v) is 16.7. The van der Waals surface area contributed by atoms with Gasteiger partial charge in [0, 0.05) is 12.5 Å². The van der Waals surface area contributed by atoms with E-state index in [1.54, 1.807) is 6.07 Å². The highest BCUT2D eigenvalue weighted by Crippen LogP contribution is 2.28. The van der Waals surface area contributed by atoms with Crippen molar-refractivity contribution in [2.45, 2.75) is 71.8 Å². The van der Waals surface area contributed by atoms with Gasteiger partial charge in [-0.15, -0.1) is 0 Å². The fourth-order valence-electron chi connectivity index (χ4n) is 2.45. The van der Waals surface area contributed by atoms with Crippen molar-refractivity contribution in [2.24, 2.45) is 5.92 Å². The lowest BCUT2D eigenvalue weighted by Crippen LogP contribution is -2.23. The van der Waals surface area contributed by atoms with Crippen molar-refractivity contribution < 1.29 is 28.3 Å². The van der Waals surface area contributed by atoms with Gasteiger partial charge in [-0.25, -0.2) is 0 Å². The summed E-state index contributed by atoms with van der Waals surface area (Å²) in [6.07, 6.45) is 2.79. The van der Waals surface area contributed by atoms with Crippen LogP contribution in [0.4, 0.5) is 0 Å². The van der Waals surface area contributed by atoms with E-state index in [9.17, 15) is 9.59 Å². The van der Waals surface area contributed by atoms with Gasteiger partial charge in [0.05, 0.1) is 13.7 Å². The van der Waals surface area contributed by atoms with Crippen LogP contribution in [-0.2, 0) is 19.1 Å². The number of ether oxygens (including phenoxy) is 3. The van der Waals surface area contributed by atoms with Crippen LogP contribution in [0, 0.1) is 5.92 Å². The Morgan fingerprint density at radius 1 is 1.19 bits per heavy atom. The molecule has 0 bridgehead atoms. The molecule has 0 aliphatic heterocycles. The molecule has 0 aliphatic rings. The van der Waals surface area contributed by atoms with E-state index in [-0.39, 0.29) is 17.9 Å². The van der Waals surface area contributed by atoms with Crippen LogP contribution in [0.2, 0.25) is 0 Å². The Morgan fingerprint density at radius 2 is 1.88 bits per heavy atom. The van der Waals surface area contributed by atoms with Gasteiger partial charge in [-0.2, -0.15) is 0 Å². The van der Waals surface area contributed by atoms with Crippen molar-refractivity contribution >= 4 is 11.9 Å². The van der Waals surface area contributed by atoms with E-state index in [0.29, 0.717) is 24.7 Å². The van der Waals surface area contributed by atoms with E-state index in [2.05, 4.69) is 5.16 Å². The minimum atomic E-state index is -0.501. The van der Waals surface area contributed by atoms with Gasteiger partial charge in [-0.1, -0.05) is 13.8 Å². The highest BCUT2D eigenvalue weighted by atomic mass is 16.6. The highest BCUT2D eigenvalue weighted by molar-refractivity contribution is 5.77. The Balaban J connectivity index is 2.32. The van der Waals surface area contributed by atoms with Crippen molar-refractivity contribution in [1.29, 1.82) is 0 Å². The van der Waals surface area contributed by atoms with E-state index in [1.165, 1.54) is 7.11 Å². The number of esters is 2. The molecule has 0 N–H and O–H groups in total. The summed E-state index contributed by atoms with van der Waals surface area (Å²) >= 11 is 0. The van der Waals surface area contributed by atoms with E-state index < -0.39 is 11.5 Å². The largest absolute Gasteiger partial charge is 0.476 e. The van der Waals surface area contributed by atoms with Gasteiger partial charge < -0.3 is 18.7 Å². The summed E-state index contributed by atoms with van der Waals surface area (Å²) in [6, 6.07) is 1.63. The molecule has 1 unspecified atom stereocenters. The van der Waals surface area contributed by atoms with Gasteiger partial charge in [0.25, 0.3) is 5.88 Å². The number of methoxy groups -OCH3 is 1. The fraction of sp³-hybridized carbons (Fsp3) is 0.737. The van der Waals surface area contributed by atoms with Crippen LogP contribution in [-0.4, -0.2) is 36.4 Å². The Labute approximate surface area is 155 Å². The fourth-order valence-corrected chi connectivity index (χ4v) is 2.45. The molecule has 0 aliphatic carbocycles. The quantitative estimate of drug-likeness (QED) is 0.457. The predicted molar refractivity (Wildman–Crippen MR) is 95.9 cm³/mol. The van der Waals surface area contributed by atoms with Crippen LogP contribution in [0.3, 0.4) is 0 Å². The van der Waals surface area contributed by atoms with Crippen LogP contribution < -0.4 is 4.74 Å². The van der Waals surface area contributed by atoms with Crippen molar-refractivity contribution in [2.75, 3.05) is 13.7 Å². The normalized spacial score (nSPS) is 12.7. The molecule has 1 aromatic rings. The molecule has 0 radical (unpaired) electrons. The molecule has 7 nitrogen and oxygen atoms in total. The van der Waals surface area contributed by atoms with Gasteiger partial charge in [-0.3, -0.25) is 9.59 Å². The lowest BCUT2D eigenvalue weighted by atomic mass is 9.93. The smallest absolute Gasteiger partial charge is 0.316 e. The lowest BCUT2D eigenvalue weighted by molar-refractivity contribution is -0.155. The second-order valence-corrected chi connectivity index (χ2v) is 7.56. The number of nitrogens with zero attached hydrogens (tertiary/aromatic N) is 1. The number of carbonyl (C=O) groups excluding carboxylic acids is 2. The molecule has 1 heterocycles. The molecule has 0 saturated heterocycles. The summed E-state index contributed by atoms with van der Waals surface area (Å²) in [6.45, 7) is 9.86. The molecule has 1 rings (SSSR count).